The molecule has 0 unspecified atom stereocenters. The molecule has 159 valence electrons. The van der Waals surface area contributed by atoms with Gasteiger partial charge in [-0.2, -0.15) is 0 Å². The van der Waals surface area contributed by atoms with Crippen molar-refractivity contribution in [3.05, 3.63) is 122 Å². The Bertz CT molecular complexity index is 1160. The normalized spacial score (nSPS) is 9.75. The van der Waals surface area contributed by atoms with E-state index in [1.807, 2.05) is 84.9 Å². The van der Waals surface area contributed by atoms with Crippen LogP contribution in [0.3, 0.4) is 0 Å². The van der Waals surface area contributed by atoms with Crippen LogP contribution < -0.4 is 0 Å². The molecule has 1 radical (unpaired) electrons. The van der Waals surface area contributed by atoms with Gasteiger partial charge in [0.15, 0.2) is 0 Å². The van der Waals surface area contributed by atoms with Gasteiger partial charge in [0.1, 0.15) is 5.75 Å². The standard InChI is InChI=1S/C16H11N2.C11H9NO.Ir/c1-3-11-17-15(5-1)13-7-9-14(10-8-13)16-6-2-4-12-18-16;13-11-7-2-1-5-9(11)10-6-3-4-8-12-10;/h1-9,11-12H;1-8,13H;/q-1;;. The van der Waals surface area contributed by atoms with Crippen molar-refractivity contribution in [1.82, 2.24) is 15.0 Å². The molecule has 0 saturated heterocycles. The number of hydrogen-bond donors (Lipinski definition) is 1. The molecule has 5 rings (SSSR count). The van der Waals surface area contributed by atoms with E-state index in [2.05, 4.69) is 21.0 Å². The molecule has 3 aromatic heterocycles. The molecule has 2 aromatic carbocycles. The van der Waals surface area contributed by atoms with Crippen LogP contribution in [0.5, 0.6) is 5.75 Å². The Hall–Kier alpha value is -3.66. The third kappa shape index (κ3) is 5.94. The van der Waals surface area contributed by atoms with Crippen molar-refractivity contribution in [3.63, 3.8) is 0 Å². The van der Waals surface area contributed by atoms with Crippen molar-refractivity contribution in [2.24, 2.45) is 0 Å². The van der Waals surface area contributed by atoms with E-state index in [-0.39, 0.29) is 25.9 Å². The number of para-hydroxylation sites is 1. The summed E-state index contributed by atoms with van der Waals surface area (Å²) < 4.78 is 0. The predicted octanol–water partition coefficient (Wildman–Crippen LogP) is 6.06. The minimum Gasteiger partial charge on any atom is -0.507 e. The zero-order valence-corrected chi connectivity index (χ0v) is 19.5. The molecule has 4 nitrogen and oxygen atoms in total. The Morgan fingerprint density at radius 2 is 1.12 bits per heavy atom. The summed E-state index contributed by atoms with van der Waals surface area (Å²) in [5.74, 6) is 0.265. The van der Waals surface area contributed by atoms with Gasteiger partial charge >= 0.3 is 0 Å². The summed E-state index contributed by atoms with van der Waals surface area (Å²) in [5, 5.41) is 9.52. The molecule has 0 spiro atoms. The first-order valence-corrected chi connectivity index (χ1v) is 9.85. The van der Waals surface area contributed by atoms with Gasteiger partial charge in [0.25, 0.3) is 0 Å². The van der Waals surface area contributed by atoms with E-state index in [9.17, 15) is 5.11 Å². The van der Waals surface area contributed by atoms with Gasteiger partial charge in [-0.1, -0.05) is 42.0 Å². The van der Waals surface area contributed by atoms with E-state index in [1.54, 1.807) is 30.7 Å². The van der Waals surface area contributed by atoms with Crippen LogP contribution in [0.15, 0.2) is 116 Å². The van der Waals surface area contributed by atoms with Crippen LogP contribution in [0.2, 0.25) is 0 Å². The number of phenolic OH excluding ortho intramolecular Hbond substituents is 1. The van der Waals surface area contributed by atoms with Gasteiger partial charge in [0, 0.05) is 50.0 Å². The number of aromatic hydroxyl groups is 1. The van der Waals surface area contributed by atoms with Crippen LogP contribution in [0.4, 0.5) is 0 Å². The number of nitrogens with zero attached hydrogens (tertiary/aromatic N) is 3. The summed E-state index contributed by atoms with van der Waals surface area (Å²) in [6, 6.07) is 33.8. The fourth-order valence-electron chi connectivity index (χ4n) is 3.01. The Morgan fingerprint density at radius 3 is 1.66 bits per heavy atom. The topological polar surface area (TPSA) is 58.9 Å². The second-order valence-electron chi connectivity index (χ2n) is 6.65. The van der Waals surface area contributed by atoms with Gasteiger partial charge in [-0.25, -0.2) is 0 Å². The van der Waals surface area contributed by atoms with E-state index in [4.69, 9.17) is 0 Å². The van der Waals surface area contributed by atoms with E-state index < -0.39 is 0 Å². The molecule has 0 aliphatic rings. The summed E-state index contributed by atoms with van der Waals surface area (Å²) in [5.41, 5.74) is 5.51. The van der Waals surface area contributed by atoms with Gasteiger partial charge in [0.2, 0.25) is 0 Å². The first-order valence-electron chi connectivity index (χ1n) is 9.85. The van der Waals surface area contributed by atoms with Crippen LogP contribution in [-0.2, 0) is 20.1 Å². The molecule has 5 aromatic rings. The van der Waals surface area contributed by atoms with Crippen LogP contribution in [0.1, 0.15) is 0 Å². The number of benzene rings is 2. The van der Waals surface area contributed by atoms with E-state index in [0.29, 0.717) is 0 Å². The number of pyridine rings is 3. The van der Waals surface area contributed by atoms with Crippen molar-refractivity contribution in [1.29, 1.82) is 0 Å². The molecule has 5 heteroatoms. The number of phenols is 1. The number of aromatic nitrogens is 3. The molecule has 0 bridgehead atoms. The van der Waals surface area contributed by atoms with Gasteiger partial charge in [0.05, 0.1) is 5.69 Å². The third-order valence-corrected chi connectivity index (χ3v) is 4.56. The van der Waals surface area contributed by atoms with Crippen LogP contribution in [0.25, 0.3) is 33.8 Å². The molecule has 0 atom stereocenters. The predicted molar refractivity (Wildman–Crippen MR) is 123 cm³/mol. The maximum Gasteiger partial charge on any atom is 0.124 e. The van der Waals surface area contributed by atoms with Crippen molar-refractivity contribution < 1.29 is 25.2 Å². The zero-order chi connectivity index (χ0) is 21.3. The van der Waals surface area contributed by atoms with Crippen molar-refractivity contribution in [2.75, 3.05) is 0 Å². The Morgan fingerprint density at radius 1 is 0.562 bits per heavy atom. The molecule has 32 heavy (non-hydrogen) atoms. The van der Waals surface area contributed by atoms with Gasteiger partial charge < -0.3 is 10.1 Å². The number of rotatable bonds is 3. The van der Waals surface area contributed by atoms with E-state index >= 15 is 0 Å². The summed E-state index contributed by atoms with van der Waals surface area (Å²) in [6.07, 6.45) is 5.29. The van der Waals surface area contributed by atoms with Crippen LogP contribution >= 0.6 is 0 Å². The third-order valence-electron chi connectivity index (χ3n) is 4.56. The SMILES string of the molecule is Oc1ccccc1-c1ccccn1.[Ir].[c-]1cc(-c2ccccn2)ccc1-c1ccccn1. The van der Waals surface area contributed by atoms with Crippen molar-refractivity contribution in [3.8, 4) is 39.5 Å². The minimum atomic E-state index is 0. The first kappa shape index (κ1) is 23.0. The maximum absolute atomic E-state index is 9.52. The summed E-state index contributed by atoms with van der Waals surface area (Å²) in [4.78, 5) is 12.8. The Labute approximate surface area is 201 Å². The first-order chi connectivity index (χ1) is 15.3. The maximum atomic E-state index is 9.52. The van der Waals surface area contributed by atoms with Gasteiger partial charge in [-0.15, -0.1) is 29.8 Å². The molecule has 1 N–H and O–H groups in total. The molecular formula is C27H20IrN3O-. The zero-order valence-electron chi connectivity index (χ0n) is 17.1. The largest absolute Gasteiger partial charge is 0.507 e. The Balaban J connectivity index is 0.000000184. The Kier molecular flexibility index (Phi) is 8.38. The van der Waals surface area contributed by atoms with Crippen molar-refractivity contribution in [2.45, 2.75) is 0 Å². The fraction of sp³-hybridized carbons (Fsp3) is 0. The van der Waals surface area contributed by atoms with Gasteiger partial charge in [-0.3, -0.25) is 9.97 Å². The van der Waals surface area contributed by atoms with E-state index in [1.165, 1.54) is 0 Å². The fourth-order valence-corrected chi connectivity index (χ4v) is 3.01. The minimum absolute atomic E-state index is 0. The molecular weight excluding hydrogens is 575 g/mol. The molecule has 0 aliphatic heterocycles. The quantitative estimate of drug-likeness (QED) is 0.258. The molecule has 0 fully saturated rings. The molecule has 0 amide bonds. The summed E-state index contributed by atoms with van der Waals surface area (Å²) >= 11 is 0. The average molecular weight is 595 g/mol. The second kappa shape index (κ2) is 11.7. The molecule has 3 heterocycles. The smallest absolute Gasteiger partial charge is 0.124 e. The molecule has 0 aliphatic carbocycles. The average Bonchev–Trinajstić information content (AvgIpc) is 2.86. The summed E-state index contributed by atoms with van der Waals surface area (Å²) in [7, 11) is 0. The number of hydrogen-bond acceptors (Lipinski definition) is 4. The summed E-state index contributed by atoms with van der Waals surface area (Å²) in [6.45, 7) is 0. The van der Waals surface area contributed by atoms with Crippen molar-refractivity contribution >= 4 is 0 Å². The second-order valence-corrected chi connectivity index (χ2v) is 6.65. The van der Waals surface area contributed by atoms with E-state index in [0.717, 1.165) is 33.8 Å². The van der Waals surface area contributed by atoms with Crippen LogP contribution in [-0.4, -0.2) is 20.1 Å². The molecule has 0 saturated carbocycles. The monoisotopic (exact) mass is 595 g/mol. The van der Waals surface area contributed by atoms with Gasteiger partial charge in [-0.05, 0) is 48.2 Å². The van der Waals surface area contributed by atoms with Crippen LogP contribution in [0, 0.1) is 6.07 Å².